The largest absolute Gasteiger partial charge is 0.321 e. The van der Waals surface area contributed by atoms with Crippen LogP contribution in [0.3, 0.4) is 0 Å². The second-order valence-electron chi connectivity index (χ2n) is 9.64. The Kier molecular flexibility index (Phi) is 7.49. The molecular formula is C27H31ClN2O3S2. The Labute approximate surface area is 216 Å². The molecule has 0 bridgehead atoms. The Balaban J connectivity index is 1.36. The number of amides is 1. The highest BCUT2D eigenvalue weighted by Crippen LogP contribution is 2.37. The lowest BCUT2D eigenvalue weighted by atomic mass is 9.91. The van der Waals surface area contributed by atoms with Gasteiger partial charge in [-0.15, -0.1) is 11.3 Å². The van der Waals surface area contributed by atoms with Crippen LogP contribution in [-0.4, -0.2) is 30.7 Å². The molecule has 2 fully saturated rings. The summed E-state index contributed by atoms with van der Waals surface area (Å²) in [6.45, 7) is 0. The smallest absolute Gasteiger partial charge is 0.267 e. The molecule has 0 aliphatic heterocycles. The number of hydrogen-bond acceptors (Lipinski definition) is 4. The maximum atomic E-state index is 13.9. The molecule has 0 unspecified atom stereocenters. The van der Waals surface area contributed by atoms with E-state index in [4.69, 9.17) is 11.6 Å². The summed E-state index contributed by atoms with van der Waals surface area (Å²) in [7, 11) is -3.62. The summed E-state index contributed by atoms with van der Waals surface area (Å²) < 4.78 is 30.5. The number of carbonyl (C=O) groups is 1. The number of rotatable bonds is 6. The molecule has 0 spiro atoms. The molecule has 3 aromatic rings. The van der Waals surface area contributed by atoms with E-state index in [2.05, 4.69) is 5.32 Å². The molecule has 1 aromatic heterocycles. The number of halogens is 1. The van der Waals surface area contributed by atoms with E-state index >= 15 is 0 Å². The highest BCUT2D eigenvalue weighted by molar-refractivity contribution is 7.89. The molecule has 8 heteroatoms. The zero-order valence-electron chi connectivity index (χ0n) is 19.7. The fourth-order valence-electron chi connectivity index (χ4n) is 5.54. The summed E-state index contributed by atoms with van der Waals surface area (Å²) in [4.78, 5) is 13.6. The van der Waals surface area contributed by atoms with Gasteiger partial charge in [0.1, 0.15) is 4.88 Å². The van der Waals surface area contributed by atoms with Crippen LogP contribution in [-0.2, 0) is 10.0 Å². The third-order valence-corrected chi connectivity index (χ3v) is 11.0. The number of nitrogens with zero attached hydrogens (tertiary/aromatic N) is 1. The second-order valence-corrected chi connectivity index (χ2v) is 12.9. The second kappa shape index (κ2) is 10.6. The van der Waals surface area contributed by atoms with Gasteiger partial charge >= 0.3 is 0 Å². The van der Waals surface area contributed by atoms with Gasteiger partial charge < -0.3 is 5.32 Å². The first kappa shape index (κ1) is 24.8. The maximum absolute atomic E-state index is 13.9. The highest BCUT2D eigenvalue weighted by atomic mass is 35.5. The normalized spacial score (nSPS) is 18.2. The van der Waals surface area contributed by atoms with Gasteiger partial charge in [0.2, 0.25) is 10.0 Å². The Morgan fingerprint density at radius 1 is 0.857 bits per heavy atom. The van der Waals surface area contributed by atoms with Crippen LogP contribution in [0, 0.1) is 0 Å². The average Bonchev–Trinajstić information content (AvgIpc) is 3.22. The van der Waals surface area contributed by atoms with Crippen molar-refractivity contribution in [3.8, 4) is 0 Å². The van der Waals surface area contributed by atoms with Crippen molar-refractivity contribution in [3.63, 3.8) is 0 Å². The lowest BCUT2D eigenvalue weighted by molar-refractivity contribution is 0.103. The van der Waals surface area contributed by atoms with E-state index in [9.17, 15) is 13.2 Å². The van der Waals surface area contributed by atoms with Crippen LogP contribution < -0.4 is 5.32 Å². The average molecular weight is 531 g/mol. The number of carbonyl (C=O) groups excluding carboxylic acids is 1. The SMILES string of the molecule is O=C(Nc1ccc(S(=O)(=O)N(C2CCCCC2)C2CCCCC2)cc1)c1sc2ccccc2c1Cl. The van der Waals surface area contributed by atoms with Crippen LogP contribution in [0.5, 0.6) is 0 Å². The quantitative estimate of drug-likeness (QED) is 0.359. The van der Waals surface area contributed by atoms with Gasteiger partial charge in [-0.1, -0.05) is 68.3 Å². The van der Waals surface area contributed by atoms with Gasteiger partial charge in [-0.05, 0) is 56.0 Å². The predicted octanol–water partition coefficient (Wildman–Crippen LogP) is 7.46. The topological polar surface area (TPSA) is 66.5 Å². The van der Waals surface area contributed by atoms with E-state index in [-0.39, 0.29) is 18.0 Å². The van der Waals surface area contributed by atoms with Crippen molar-refractivity contribution in [1.82, 2.24) is 4.31 Å². The van der Waals surface area contributed by atoms with Crippen LogP contribution in [0.1, 0.15) is 73.9 Å². The van der Waals surface area contributed by atoms with Crippen LogP contribution >= 0.6 is 22.9 Å². The zero-order chi connectivity index (χ0) is 24.4. The van der Waals surface area contributed by atoms with E-state index in [0.717, 1.165) is 61.5 Å². The van der Waals surface area contributed by atoms with Crippen molar-refractivity contribution >= 4 is 54.6 Å². The minimum Gasteiger partial charge on any atom is -0.321 e. The minimum absolute atomic E-state index is 0.0892. The number of anilines is 1. The van der Waals surface area contributed by atoms with Gasteiger partial charge in [-0.2, -0.15) is 4.31 Å². The summed E-state index contributed by atoms with van der Waals surface area (Å²) in [6, 6.07) is 14.4. The van der Waals surface area contributed by atoms with Crippen LogP contribution in [0.2, 0.25) is 5.02 Å². The van der Waals surface area contributed by atoms with Gasteiger partial charge in [-0.25, -0.2) is 8.42 Å². The molecule has 2 aromatic carbocycles. The molecule has 5 rings (SSSR count). The maximum Gasteiger partial charge on any atom is 0.267 e. The Bertz CT molecular complexity index is 1270. The number of sulfonamides is 1. The molecule has 0 atom stereocenters. The van der Waals surface area contributed by atoms with Gasteiger partial charge in [-0.3, -0.25) is 4.79 Å². The molecule has 1 N–H and O–H groups in total. The summed E-state index contributed by atoms with van der Waals surface area (Å²) in [5.74, 6) is -0.294. The molecule has 186 valence electrons. The Morgan fingerprint density at radius 2 is 1.43 bits per heavy atom. The number of nitrogens with one attached hydrogen (secondary N) is 1. The lowest BCUT2D eigenvalue weighted by Gasteiger charge is -2.40. The molecule has 2 aliphatic rings. The minimum atomic E-state index is -3.62. The summed E-state index contributed by atoms with van der Waals surface area (Å²) in [5.41, 5.74) is 0.546. The third-order valence-electron chi connectivity index (χ3n) is 7.30. The van der Waals surface area contributed by atoms with E-state index in [1.165, 1.54) is 24.2 Å². The predicted molar refractivity (Wildman–Crippen MR) is 144 cm³/mol. The monoisotopic (exact) mass is 530 g/mol. The van der Waals surface area contributed by atoms with E-state index in [1.54, 1.807) is 24.3 Å². The molecule has 5 nitrogen and oxygen atoms in total. The van der Waals surface area contributed by atoms with Crippen molar-refractivity contribution in [2.45, 2.75) is 81.2 Å². The van der Waals surface area contributed by atoms with Crippen molar-refractivity contribution in [2.24, 2.45) is 0 Å². The van der Waals surface area contributed by atoms with Crippen molar-refractivity contribution < 1.29 is 13.2 Å². The fraction of sp³-hybridized carbons (Fsp3) is 0.444. The summed E-state index contributed by atoms with van der Waals surface area (Å²) in [6.07, 6.45) is 10.5. The van der Waals surface area contributed by atoms with E-state index < -0.39 is 10.0 Å². The molecule has 0 radical (unpaired) electrons. The molecule has 2 saturated carbocycles. The first-order valence-electron chi connectivity index (χ1n) is 12.6. The fourth-order valence-corrected chi connectivity index (χ4v) is 8.88. The van der Waals surface area contributed by atoms with E-state index in [1.807, 2.05) is 28.6 Å². The zero-order valence-corrected chi connectivity index (χ0v) is 22.1. The third kappa shape index (κ3) is 5.15. The van der Waals surface area contributed by atoms with Crippen LogP contribution in [0.4, 0.5) is 5.69 Å². The Morgan fingerprint density at radius 3 is 2.00 bits per heavy atom. The molecule has 35 heavy (non-hydrogen) atoms. The molecular weight excluding hydrogens is 500 g/mol. The van der Waals surface area contributed by atoms with Gasteiger partial charge in [0.25, 0.3) is 5.91 Å². The van der Waals surface area contributed by atoms with Gasteiger partial charge in [0.15, 0.2) is 0 Å². The summed E-state index contributed by atoms with van der Waals surface area (Å²) >= 11 is 7.80. The number of hydrogen-bond donors (Lipinski definition) is 1. The lowest BCUT2D eigenvalue weighted by Crippen LogP contribution is -2.48. The molecule has 0 saturated heterocycles. The first-order chi connectivity index (χ1) is 16.9. The standard InChI is InChI=1S/C27H31ClN2O3S2/c28-25-23-13-7-8-14-24(23)34-26(25)27(31)29-19-15-17-22(18-16-19)35(32,33)30(20-9-3-1-4-10-20)21-11-5-2-6-12-21/h7-8,13-18,20-21H,1-6,9-12H2,(H,29,31). The molecule has 1 amide bonds. The van der Waals surface area contributed by atoms with Crippen molar-refractivity contribution in [2.75, 3.05) is 5.32 Å². The van der Waals surface area contributed by atoms with Gasteiger partial charge in [0.05, 0.1) is 9.92 Å². The van der Waals surface area contributed by atoms with Crippen molar-refractivity contribution in [1.29, 1.82) is 0 Å². The number of fused-ring (bicyclic) bond motifs is 1. The van der Waals surface area contributed by atoms with Crippen molar-refractivity contribution in [3.05, 3.63) is 58.4 Å². The van der Waals surface area contributed by atoms with Crippen LogP contribution in [0.25, 0.3) is 10.1 Å². The van der Waals surface area contributed by atoms with Gasteiger partial charge in [0, 0.05) is 27.9 Å². The highest BCUT2D eigenvalue weighted by Gasteiger charge is 2.38. The van der Waals surface area contributed by atoms with Crippen LogP contribution in [0.15, 0.2) is 53.4 Å². The first-order valence-corrected chi connectivity index (χ1v) is 15.2. The summed E-state index contributed by atoms with van der Waals surface area (Å²) in [5, 5.41) is 4.17. The van der Waals surface area contributed by atoms with E-state index in [0.29, 0.717) is 20.5 Å². The number of thiophene rings is 1. The number of benzene rings is 2. The Hall–Kier alpha value is -1.93. The molecule has 2 aliphatic carbocycles. The molecule has 1 heterocycles.